The Bertz CT molecular complexity index is 1290. The van der Waals surface area contributed by atoms with E-state index in [0.29, 0.717) is 28.7 Å². The van der Waals surface area contributed by atoms with Gasteiger partial charge in [-0.25, -0.2) is 0 Å². The Morgan fingerprint density at radius 1 is 0.882 bits per heavy atom. The van der Waals surface area contributed by atoms with Gasteiger partial charge < -0.3 is 10.2 Å². The van der Waals surface area contributed by atoms with Gasteiger partial charge in [0.15, 0.2) is 0 Å². The molecule has 4 nitrogen and oxygen atoms in total. The molecule has 0 radical (unpaired) electrons. The summed E-state index contributed by atoms with van der Waals surface area (Å²) >= 11 is 12.5. The number of hydrogen-bond acceptors (Lipinski definition) is 3. The van der Waals surface area contributed by atoms with Crippen LogP contribution in [0.25, 0.3) is 11.1 Å². The summed E-state index contributed by atoms with van der Waals surface area (Å²) in [7, 11) is 0. The summed E-state index contributed by atoms with van der Waals surface area (Å²) < 4.78 is 0. The van der Waals surface area contributed by atoms with Gasteiger partial charge in [-0.05, 0) is 52.9 Å². The van der Waals surface area contributed by atoms with Gasteiger partial charge in [-0.2, -0.15) is 0 Å². The third-order valence-electron chi connectivity index (χ3n) is 6.47. The molecule has 0 spiro atoms. The fourth-order valence-corrected chi connectivity index (χ4v) is 5.04. The minimum absolute atomic E-state index is 0.0833. The monoisotopic (exact) mass is 489 g/mol. The van der Waals surface area contributed by atoms with E-state index in [1.54, 1.807) is 6.07 Å². The van der Waals surface area contributed by atoms with Crippen LogP contribution in [0, 0.1) is 11.8 Å². The molecule has 0 atom stereocenters. The highest BCUT2D eigenvalue weighted by Gasteiger charge is 2.20. The second-order valence-electron chi connectivity index (χ2n) is 8.58. The van der Waals surface area contributed by atoms with Gasteiger partial charge in [-0.15, -0.1) is 0 Å². The zero-order chi connectivity index (χ0) is 23.5. The van der Waals surface area contributed by atoms with E-state index in [1.165, 1.54) is 22.3 Å². The van der Waals surface area contributed by atoms with E-state index < -0.39 is 0 Å². The molecule has 1 aliphatic heterocycles. The smallest absolute Gasteiger partial charge is 0.252 e. The Labute approximate surface area is 210 Å². The van der Waals surface area contributed by atoms with Crippen LogP contribution in [-0.2, 0) is 6.42 Å². The number of benzene rings is 3. The Balaban J connectivity index is 1.08. The molecule has 1 amide bonds. The average molecular weight is 490 g/mol. The van der Waals surface area contributed by atoms with Crippen molar-refractivity contribution >= 4 is 34.8 Å². The van der Waals surface area contributed by atoms with Crippen LogP contribution in [-0.4, -0.2) is 50.1 Å². The van der Waals surface area contributed by atoms with Crippen LogP contribution in [0.4, 0.5) is 5.69 Å². The van der Waals surface area contributed by atoms with Gasteiger partial charge in [0.25, 0.3) is 5.91 Å². The first-order valence-corrected chi connectivity index (χ1v) is 12.2. The van der Waals surface area contributed by atoms with Gasteiger partial charge in [0, 0.05) is 31.7 Å². The van der Waals surface area contributed by atoms with Crippen LogP contribution in [0.2, 0.25) is 10.0 Å². The molecule has 5 rings (SSSR count). The maximum atomic E-state index is 12.6. The van der Waals surface area contributed by atoms with E-state index in [2.05, 4.69) is 57.3 Å². The first-order valence-electron chi connectivity index (χ1n) is 11.5. The largest absolute Gasteiger partial charge is 0.368 e. The summed E-state index contributed by atoms with van der Waals surface area (Å²) in [5, 5.41) is 4.12. The minimum atomic E-state index is -0.0833. The third kappa shape index (κ3) is 4.79. The Kier molecular flexibility index (Phi) is 6.78. The van der Waals surface area contributed by atoms with E-state index >= 15 is 0 Å². The van der Waals surface area contributed by atoms with Gasteiger partial charge in [0.05, 0.1) is 28.8 Å². The lowest BCUT2D eigenvalue weighted by Crippen LogP contribution is -2.46. The summed E-state index contributed by atoms with van der Waals surface area (Å²) in [6, 6.07) is 20.1. The van der Waals surface area contributed by atoms with Gasteiger partial charge in [-0.1, -0.05) is 71.4 Å². The zero-order valence-corrected chi connectivity index (χ0v) is 20.3. The number of fused-ring (bicyclic) bond motifs is 3. The van der Waals surface area contributed by atoms with Crippen molar-refractivity contribution < 1.29 is 4.79 Å². The van der Waals surface area contributed by atoms with E-state index in [-0.39, 0.29) is 5.91 Å². The molecule has 3 aromatic rings. The van der Waals surface area contributed by atoms with Crippen LogP contribution in [0.3, 0.4) is 0 Å². The Morgan fingerprint density at radius 3 is 2.53 bits per heavy atom. The lowest BCUT2D eigenvalue weighted by Gasteiger charge is -2.35. The molecule has 172 valence electrons. The summed E-state index contributed by atoms with van der Waals surface area (Å²) in [5.74, 6) is 6.19. The van der Waals surface area contributed by atoms with Crippen molar-refractivity contribution in [1.82, 2.24) is 10.2 Å². The van der Waals surface area contributed by atoms with Crippen LogP contribution >= 0.6 is 23.2 Å². The van der Waals surface area contributed by atoms with Gasteiger partial charge in [0.1, 0.15) is 0 Å². The fourth-order valence-electron chi connectivity index (χ4n) is 4.63. The molecule has 1 heterocycles. The number of carbonyl (C=O) groups excluding carboxylic acids is 1. The minimum Gasteiger partial charge on any atom is -0.368 e. The molecule has 0 bridgehead atoms. The standard InChI is InChI=1S/C28H25Cl2N3O/c29-25-8-5-9-26(27(25)30)33-16-14-32(15-17-33)13-4-3-12-31-28(34)21-10-11-24-22(19-21)18-20-6-1-2-7-23(20)24/h1-2,5-11,19H,12-18H2,(H,31,34). The highest BCUT2D eigenvalue weighted by atomic mass is 35.5. The SMILES string of the molecule is O=C(NCC#CCN1CCN(c2cccc(Cl)c2Cl)CC1)c1ccc2c(c1)Cc1ccccc1-2. The zero-order valence-electron chi connectivity index (χ0n) is 18.8. The molecule has 6 heteroatoms. The summed E-state index contributed by atoms with van der Waals surface area (Å²) in [6.45, 7) is 4.59. The van der Waals surface area contributed by atoms with E-state index in [1.807, 2.05) is 24.3 Å². The third-order valence-corrected chi connectivity index (χ3v) is 7.27. The molecule has 34 heavy (non-hydrogen) atoms. The number of piperazine rings is 1. The van der Waals surface area contributed by atoms with Crippen LogP contribution in [0.1, 0.15) is 21.5 Å². The number of nitrogens with zero attached hydrogens (tertiary/aromatic N) is 2. The molecular weight excluding hydrogens is 465 g/mol. The van der Waals surface area contributed by atoms with Crippen molar-refractivity contribution in [1.29, 1.82) is 0 Å². The summed E-state index contributed by atoms with van der Waals surface area (Å²) in [6.07, 6.45) is 0.878. The highest BCUT2D eigenvalue weighted by molar-refractivity contribution is 6.43. The molecule has 2 aliphatic rings. The Hall–Kier alpha value is -2.97. The predicted molar refractivity (Wildman–Crippen MR) is 140 cm³/mol. The lowest BCUT2D eigenvalue weighted by atomic mass is 10.0. The predicted octanol–water partition coefficient (Wildman–Crippen LogP) is 5.12. The average Bonchev–Trinajstić information content (AvgIpc) is 3.24. The number of halogens is 2. The van der Waals surface area contributed by atoms with Gasteiger partial charge >= 0.3 is 0 Å². The molecule has 3 aromatic carbocycles. The molecule has 1 saturated heterocycles. The first kappa shape index (κ1) is 22.8. The quantitative estimate of drug-likeness (QED) is 0.404. The highest BCUT2D eigenvalue weighted by Crippen LogP contribution is 2.36. The summed E-state index contributed by atoms with van der Waals surface area (Å²) in [5.41, 5.74) is 6.69. The number of anilines is 1. The van der Waals surface area contributed by atoms with Crippen LogP contribution < -0.4 is 10.2 Å². The van der Waals surface area contributed by atoms with Crippen molar-refractivity contribution in [2.45, 2.75) is 6.42 Å². The normalized spacial score (nSPS) is 14.7. The van der Waals surface area contributed by atoms with E-state index in [9.17, 15) is 4.79 Å². The second kappa shape index (κ2) is 10.1. The van der Waals surface area contributed by atoms with Crippen molar-refractivity contribution in [2.75, 3.05) is 44.2 Å². The molecule has 0 saturated carbocycles. The van der Waals surface area contributed by atoms with Crippen molar-refractivity contribution in [2.24, 2.45) is 0 Å². The molecule has 0 aromatic heterocycles. The lowest BCUT2D eigenvalue weighted by molar-refractivity contribution is 0.0958. The van der Waals surface area contributed by atoms with E-state index in [4.69, 9.17) is 23.2 Å². The molecule has 1 N–H and O–H groups in total. The van der Waals surface area contributed by atoms with Crippen molar-refractivity contribution in [3.8, 4) is 23.0 Å². The van der Waals surface area contributed by atoms with Crippen LogP contribution in [0.5, 0.6) is 0 Å². The molecule has 1 aliphatic carbocycles. The Morgan fingerprint density at radius 2 is 1.68 bits per heavy atom. The van der Waals surface area contributed by atoms with Gasteiger partial charge in [-0.3, -0.25) is 9.69 Å². The van der Waals surface area contributed by atoms with Gasteiger partial charge in [0.2, 0.25) is 0 Å². The van der Waals surface area contributed by atoms with Crippen molar-refractivity contribution in [3.63, 3.8) is 0 Å². The molecular formula is C28H25Cl2N3O. The maximum absolute atomic E-state index is 12.6. The number of amides is 1. The molecule has 1 fully saturated rings. The van der Waals surface area contributed by atoms with Crippen LogP contribution in [0.15, 0.2) is 60.7 Å². The van der Waals surface area contributed by atoms with E-state index in [0.717, 1.165) is 38.3 Å². The second-order valence-corrected chi connectivity index (χ2v) is 9.36. The number of rotatable bonds is 4. The number of nitrogens with one attached hydrogen (secondary N) is 1. The summed E-state index contributed by atoms with van der Waals surface area (Å²) in [4.78, 5) is 17.2. The molecule has 0 unspecified atom stereocenters. The number of carbonyl (C=O) groups is 1. The maximum Gasteiger partial charge on any atom is 0.252 e. The first-order chi connectivity index (χ1) is 16.6. The topological polar surface area (TPSA) is 35.6 Å². The van der Waals surface area contributed by atoms with Crippen molar-refractivity contribution in [3.05, 3.63) is 87.4 Å². The fraction of sp³-hybridized carbons (Fsp3) is 0.250. The number of hydrogen-bond donors (Lipinski definition) is 1.